The lowest BCUT2D eigenvalue weighted by molar-refractivity contribution is -0.219. The Bertz CT molecular complexity index is 1240. The summed E-state index contributed by atoms with van der Waals surface area (Å²) >= 11 is 0. The maximum atomic E-state index is 13.3. The summed E-state index contributed by atoms with van der Waals surface area (Å²) < 4.78 is 40.5. The molecule has 0 amide bonds. The van der Waals surface area contributed by atoms with Crippen LogP contribution in [0.25, 0.3) is 0 Å². The number of esters is 2. The van der Waals surface area contributed by atoms with Gasteiger partial charge in [-0.15, -0.1) is 0 Å². The molecule has 3 atom stereocenters. The van der Waals surface area contributed by atoms with Gasteiger partial charge in [-0.1, -0.05) is 81.4 Å². The highest BCUT2D eigenvalue weighted by molar-refractivity contribution is 6.99. The lowest BCUT2D eigenvalue weighted by atomic mass is 10.2. The molecule has 3 aromatic rings. The third kappa shape index (κ3) is 7.12. The number of hydrogen-bond acceptors (Lipinski definition) is 9. The standard InChI is InChI=1S/C32H40O9Si/c1-32(2,3)42(23-14-8-6-9-15-23,24-16-10-7-11-17-24)38-22-26(40-30(33)25-19-20-27(35-4)39-25)29(31(34)36-5)41-28-18-12-13-21-37-28/h6-11,14-17,19-20,26,28-29H,12-13,18,21-22H2,1-5H3/t26-,28?,29+/m1/s1. The average molecular weight is 597 g/mol. The van der Waals surface area contributed by atoms with Crippen molar-refractivity contribution in [2.75, 3.05) is 27.4 Å². The van der Waals surface area contributed by atoms with Gasteiger partial charge in [-0.2, -0.15) is 0 Å². The van der Waals surface area contributed by atoms with Gasteiger partial charge >= 0.3 is 11.9 Å². The van der Waals surface area contributed by atoms with Gasteiger partial charge in [0.15, 0.2) is 18.5 Å². The van der Waals surface area contributed by atoms with Crippen LogP contribution in [0.3, 0.4) is 0 Å². The Hall–Kier alpha value is -3.44. The van der Waals surface area contributed by atoms with E-state index in [0.29, 0.717) is 13.0 Å². The number of furan rings is 1. The first kappa shape index (κ1) is 31.5. The lowest BCUT2D eigenvalue weighted by Crippen LogP contribution is -2.67. The average Bonchev–Trinajstić information content (AvgIpc) is 3.50. The molecule has 4 rings (SSSR count). The van der Waals surface area contributed by atoms with Crippen LogP contribution in [-0.4, -0.2) is 66.2 Å². The van der Waals surface area contributed by atoms with Crippen LogP contribution in [0.5, 0.6) is 5.95 Å². The molecular formula is C32H40O9Si. The van der Waals surface area contributed by atoms with Crippen molar-refractivity contribution in [3.8, 4) is 5.95 Å². The van der Waals surface area contributed by atoms with E-state index < -0.39 is 38.8 Å². The van der Waals surface area contributed by atoms with Crippen LogP contribution in [0.15, 0.2) is 77.2 Å². The van der Waals surface area contributed by atoms with E-state index in [1.165, 1.54) is 26.4 Å². The van der Waals surface area contributed by atoms with Crippen LogP contribution in [0.4, 0.5) is 0 Å². The molecule has 1 aromatic heterocycles. The van der Waals surface area contributed by atoms with Crippen LogP contribution in [0.2, 0.25) is 5.04 Å². The Labute approximate surface area is 248 Å². The molecule has 42 heavy (non-hydrogen) atoms. The summed E-state index contributed by atoms with van der Waals surface area (Å²) in [5.74, 6) is -1.43. The van der Waals surface area contributed by atoms with Crippen molar-refractivity contribution in [3.05, 3.63) is 78.6 Å². The van der Waals surface area contributed by atoms with Crippen molar-refractivity contribution in [1.29, 1.82) is 0 Å². The fourth-order valence-electron chi connectivity index (χ4n) is 5.28. The highest BCUT2D eigenvalue weighted by Gasteiger charge is 2.51. The fraction of sp³-hybridized carbons (Fsp3) is 0.438. The molecular weight excluding hydrogens is 556 g/mol. The number of carbonyl (C=O) groups excluding carboxylic acids is 2. The van der Waals surface area contributed by atoms with E-state index in [0.717, 1.165) is 23.2 Å². The van der Waals surface area contributed by atoms with Crippen LogP contribution >= 0.6 is 0 Å². The zero-order valence-corrected chi connectivity index (χ0v) is 25.9. The smallest absolute Gasteiger partial charge is 0.374 e. The molecule has 226 valence electrons. The predicted molar refractivity (Wildman–Crippen MR) is 159 cm³/mol. The summed E-state index contributed by atoms with van der Waals surface area (Å²) in [6.45, 7) is 6.77. The van der Waals surface area contributed by atoms with Crippen molar-refractivity contribution in [2.45, 2.75) is 63.6 Å². The van der Waals surface area contributed by atoms with Gasteiger partial charge in [0.2, 0.25) is 5.76 Å². The van der Waals surface area contributed by atoms with Crippen molar-refractivity contribution < 1.29 is 42.1 Å². The largest absolute Gasteiger partial charge is 0.468 e. The molecule has 0 radical (unpaired) electrons. The summed E-state index contributed by atoms with van der Waals surface area (Å²) in [7, 11) is -0.367. The van der Waals surface area contributed by atoms with Crippen molar-refractivity contribution >= 4 is 30.6 Å². The molecule has 0 bridgehead atoms. The maximum absolute atomic E-state index is 13.3. The van der Waals surface area contributed by atoms with Crippen LogP contribution in [-0.2, 0) is 28.2 Å². The number of rotatable bonds is 12. The van der Waals surface area contributed by atoms with Gasteiger partial charge in [0, 0.05) is 12.7 Å². The van der Waals surface area contributed by atoms with Crippen molar-refractivity contribution in [2.24, 2.45) is 0 Å². The Kier molecular flexibility index (Phi) is 10.6. The summed E-state index contributed by atoms with van der Waals surface area (Å²) in [5.41, 5.74) is 0. The van der Waals surface area contributed by atoms with Gasteiger partial charge in [0.05, 0.1) is 20.8 Å². The maximum Gasteiger partial charge on any atom is 0.374 e. The zero-order valence-electron chi connectivity index (χ0n) is 24.9. The van der Waals surface area contributed by atoms with Gasteiger partial charge in [0.1, 0.15) is 0 Å². The topological polar surface area (TPSA) is 103 Å². The van der Waals surface area contributed by atoms with Gasteiger partial charge in [-0.05, 0) is 40.7 Å². The van der Waals surface area contributed by atoms with E-state index in [9.17, 15) is 9.59 Å². The number of methoxy groups -OCH3 is 2. The quantitative estimate of drug-likeness (QED) is 0.221. The minimum Gasteiger partial charge on any atom is -0.468 e. The Morgan fingerprint density at radius 2 is 1.57 bits per heavy atom. The van der Waals surface area contributed by atoms with Crippen LogP contribution < -0.4 is 15.1 Å². The monoisotopic (exact) mass is 596 g/mol. The van der Waals surface area contributed by atoms with Crippen molar-refractivity contribution in [3.63, 3.8) is 0 Å². The van der Waals surface area contributed by atoms with E-state index >= 15 is 0 Å². The zero-order chi connectivity index (χ0) is 30.2. The summed E-state index contributed by atoms with van der Waals surface area (Å²) in [6, 6.07) is 23.1. The highest BCUT2D eigenvalue weighted by atomic mass is 28.4. The Morgan fingerprint density at radius 1 is 0.929 bits per heavy atom. The normalized spacial score (nSPS) is 17.2. The van der Waals surface area contributed by atoms with Crippen molar-refractivity contribution in [1.82, 2.24) is 0 Å². The fourth-order valence-corrected chi connectivity index (χ4v) is 9.85. The number of carbonyl (C=O) groups is 2. The van der Waals surface area contributed by atoms with Crippen LogP contribution in [0.1, 0.15) is 50.6 Å². The molecule has 1 fully saturated rings. The molecule has 9 nitrogen and oxygen atoms in total. The van der Waals surface area contributed by atoms with E-state index in [4.69, 9.17) is 32.5 Å². The molecule has 2 heterocycles. The molecule has 0 spiro atoms. The van der Waals surface area contributed by atoms with E-state index in [1.54, 1.807) is 0 Å². The molecule has 0 saturated carbocycles. The number of hydrogen-bond donors (Lipinski definition) is 0. The predicted octanol–water partition coefficient (Wildman–Crippen LogP) is 4.48. The minimum atomic E-state index is -3.06. The SMILES string of the molecule is COC(=O)[C@@H](OC1CCCCO1)[C@@H](CO[Si](c1ccccc1)(c1ccccc1)C(C)(C)C)OC(=O)c1ccc(OC)o1. The molecule has 2 aromatic carbocycles. The second-order valence-corrected chi connectivity index (χ2v) is 15.4. The summed E-state index contributed by atoms with van der Waals surface area (Å²) in [5, 5.41) is 1.72. The van der Waals surface area contributed by atoms with Gasteiger partial charge in [-0.3, -0.25) is 0 Å². The highest BCUT2D eigenvalue weighted by Crippen LogP contribution is 2.37. The second kappa shape index (κ2) is 14.2. The third-order valence-electron chi connectivity index (χ3n) is 7.33. The van der Waals surface area contributed by atoms with Crippen LogP contribution in [0, 0.1) is 0 Å². The number of benzene rings is 2. The Balaban J connectivity index is 1.74. The van der Waals surface area contributed by atoms with Gasteiger partial charge < -0.3 is 32.5 Å². The molecule has 1 unspecified atom stereocenters. The number of ether oxygens (including phenoxy) is 5. The molecule has 0 N–H and O–H groups in total. The first-order valence-electron chi connectivity index (χ1n) is 14.1. The van der Waals surface area contributed by atoms with Gasteiger partial charge in [-0.25, -0.2) is 9.59 Å². The lowest BCUT2D eigenvalue weighted by Gasteiger charge is -2.44. The molecule has 10 heteroatoms. The van der Waals surface area contributed by atoms with Gasteiger partial charge in [0.25, 0.3) is 14.3 Å². The second-order valence-electron chi connectivity index (χ2n) is 11.1. The summed E-state index contributed by atoms with van der Waals surface area (Å²) in [6.07, 6.45) is -0.767. The third-order valence-corrected chi connectivity index (χ3v) is 12.3. The van der Waals surface area contributed by atoms with E-state index in [-0.39, 0.29) is 23.4 Å². The molecule has 1 aliphatic heterocycles. The first-order valence-corrected chi connectivity index (χ1v) is 16.0. The first-order chi connectivity index (χ1) is 20.2. The van der Waals surface area contributed by atoms with E-state index in [1.807, 2.05) is 36.4 Å². The molecule has 1 saturated heterocycles. The summed E-state index contributed by atoms with van der Waals surface area (Å²) in [4.78, 5) is 26.5. The Morgan fingerprint density at radius 3 is 2.07 bits per heavy atom. The van der Waals surface area contributed by atoms with E-state index in [2.05, 4.69) is 45.0 Å². The molecule has 0 aliphatic carbocycles. The molecule has 1 aliphatic rings. The minimum absolute atomic E-state index is 0.0835.